The van der Waals surface area contributed by atoms with E-state index in [-0.39, 0.29) is 12.1 Å². The van der Waals surface area contributed by atoms with Crippen molar-refractivity contribution in [2.45, 2.75) is 12.5 Å². The van der Waals surface area contributed by atoms with Crippen molar-refractivity contribution < 1.29 is 24.3 Å². The molecule has 2 aromatic carbocycles. The van der Waals surface area contributed by atoms with Gasteiger partial charge in [0.2, 0.25) is 0 Å². The van der Waals surface area contributed by atoms with E-state index in [2.05, 4.69) is 0 Å². The molecule has 0 unspecified atom stereocenters. The number of methoxy groups -OCH3 is 1. The number of hydrogen-bond donors (Lipinski definition) is 1. The third-order valence-electron chi connectivity index (χ3n) is 3.16. The van der Waals surface area contributed by atoms with Crippen molar-refractivity contribution in [2.75, 3.05) is 7.11 Å². The Morgan fingerprint density at radius 1 is 1.22 bits per heavy atom. The van der Waals surface area contributed by atoms with Crippen molar-refractivity contribution in [2.24, 2.45) is 0 Å². The fraction of sp³-hybridized carbons (Fsp3) is 0.188. The average Bonchev–Trinajstić information content (AvgIpc) is 2.55. The lowest BCUT2D eigenvalue weighted by molar-refractivity contribution is -0.384. The van der Waals surface area contributed by atoms with Gasteiger partial charge in [-0.25, -0.2) is 4.79 Å². The number of nitro benzene ring substituents is 1. The lowest BCUT2D eigenvalue weighted by atomic mass is 10.1. The number of nitro groups is 1. The maximum atomic E-state index is 11.4. The summed E-state index contributed by atoms with van der Waals surface area (Å²) in [4.78, 5) is 21.6. The quantitative estimate of drug-likeness (QED) is 0.622. The summed E-state index contributed by atoms with van der Waals surface area (Å²) in [5, 5.41) is 20.1. The van der Waals surface area contributed by atoms with E-state index in [1.165, 1.54) is 25.3 Å². The Kier molecular flexibility index (Phi) is 5.14. The number of aliphatic carboxylic acids is 1. The average molecular weight is 317 g/mol. The Morgan fingerprint density at radius 3 is 2.43 bits per heavy atom. The number of non-ortho nitro benzene ring substituents is 1. The number of hydrogen-bond acceptors (Lipinski definition) is 5. The first-order chi connectivity index (χ1) is 11.0. The first kappa shape index (κ1) is 16.3. The predicted octanol–water partition coefficient (Wildman–Crippen LogP) is 2.68. The van der Waals surface area contributed by atoms with Crippen LogP contribution in [-0.4, -0.2) is 29.2 Å². The van der Waals surface area contributed by atoms with Gasteiger partial charge < -0.3 is 14.6 Å². The predicted molar refractivity (Wildman–Crippen MR) is 81.8 cm³/mol. The van der Waals surface area contributed by atoms with Gasteiger partial charge in [0.1, 0.15) is 11.5 Å². The third kappa shape index (κ3) is 4.44. The number of carboxylic acids is 1. The lowest BCUT2D eigenvalue weighted by Crippen LogP contribution is -2.29. The second-order valence-corrected chi connectivity index (χ2v) is 4.75. The Hall–Kier alpha value is -3.09. The van der Waals surface area contributed by atoms with Gasteiger partial charge in [-0.15, -0.1) is 0 Å². The Labute approximate surface area is 132 Å². The summed E-state index contributed by atoms with van der Waals surface area (Å²) in [5.41, 5.74) is 0.427. The molecule has 2 rings (SSSR count). The third-order valence-corrected chi connectivity index (χ3v) is 3.16. The molecule has 0 fully saturated rings. The normalized spacial score (nSPS) is 11.5. The fourth-order valence-electron chi connectivity index (χ4n) is 2.01. The summed E-state index contributed by atoms with van der Waals surface area (Å²) < 4.78 is 10.5. The van der Waals surface area contributed by atoms with Gasteiger partial charge in [-0.1, -0.05) is 12.1 Å². The van der Waals surface area contributed by atoms with Crippen LogP contribution in [0.25, 0.3) is 0 Å². The summed E-state index contributed by atoms with van der Waals surface area (Å²) >= 11 is 0. The van der Waals surface area contributed by atoms with Gasteiger partial charge in [0.05, 0.1) is 12.0 Å². The molecule has 1 atom stereocenters. The van der Waals surface area contributed by atoms with E-state index in [1.54, 1.807) is 30.3 Å². The second kappa shape index (κ2) is 7.26. The summed E-state index contributed by atoms with van der Waals surface area (Å²) in [7, 11) is 1.53. The van der Waals surface area contributed by atoms with E-state index >= 15 is 0 Å². The molecule has 1 N–H and O–H groups in total. The molecule has 0 amide bonds. The van der Waals surface area contributed by atoms with E-state index < -0.39 is 17.0 Å². The van der Waals surface area contributed by atoms with Crippen LogP contribution in [0.3, 0.4) is 0 Å². The van der Waals surface area contributed by atoms with Gasteiger partial charge in [0.15, 0.2) is 6.10 Å². The van der Waals surface area contributed by atoms with Crippen LogP contribution < -0.4 is 9.47 Å². The van der Waals surface area contributed by atoms with Crippen LogP contribution >= 0.6 is 0 Å². The molecule has 0 saturated heterocycles. The van der Waals surface area contributed by atoms with Crippen LogP contribution in [0.15, 0.2) is 48.5 Å². The molecule has 2 aromatic rings. The molecule has 0 radical (unpaired) electrons. The van der Waals surface area contributed by atoms with Gasteiger partial charge >= 0.3 is 5.97 Å². The van der Waals surface area contributed by atoms with E-state index in [0.29, 0.717) is 17.1 Å². The first-order valence-corrected chi connectivity index (χ1v) is 6.76. The van der Waals surface area contributed by atoms with E-state index in [0.717, 1.165) is 0 Å². The monoisotopic (exact) mass is 317 g/mol. The highest BCUT2D eigenvalue weighted by molar-refractivity contribution is 5.73. The van der Waals surface area contributed by atoms with Gasteiger partial charge in [0, 0.05) is 18.6 Å². The van der Waals surface area contributed by atoms with Crippen LogP contribution in [0, 0.1) is 10.1 Å². The smallest absolute Gasteiger partial charge is 0.345 e. The minimum atomic E-state index is -1.15. The van der Waals surface area contributed by atoms with Crippen LogP contribution in [0.4, 0.5) is 5.69 Å². The molecule has 0 spiro atoms. The zero-order valence-electron chi connectivity index (χ0n) is 12.3. The summed E-state index contributed by atoms with van der Waals surface area (Å²) in [5.74, 6) is -0.140. The Balaban J connectivity index is 2.13. The molecular formula is C16H15NO6. The van der Waals surface area contributed by atoms with Crippen molar-refractivity contribution in [3.8, 4) is 11.5 Å². The van der Waals surface area contributed by atoms with Crippen molar-refractivity contribution in [3.05, 3.63) is 64.2 Å². The number of ether oxygens (including phenoxy) is 2. The van der Waals surface area contributed by atoms with Crippen molar-refractivity contribution in [1.82, 2.24) is 0 Å². The summed E-state index contributed by atoms with van der Waals surface area (Å²) in [6, 6.07) is 12.3. The standard InChI is InChI=1S/C16H15NO6/c1-22-13-5-7-14(8-6-13)23-15(16(18)19)10-11-3-2-4-12(9-11)17(20)21/h2-9,15H,10H2,1H3,(H,18,19)/t15-/m0/s1. The topological polar surface area (TPSA) is 98.9 Å². The van der Waals surface area contributed by atoms with Crippen molar-refractivity contribution in [1.29, 1.82) is 0 Å². The first-order valence-electron chi connectivity index (χ1n) is 6.76. The Bertz CT molecular complexity index is 698. The van der Waals surface area contributed by atoms with Crippen LogP contribution in [-0.2, 0) is 11.2 Å². The number of carbonyl (C=O) groups is 1. The minimum Gasteiger partial charge on any atom is -0.497 e. The number of carboxylic acid groups (broad SMARTS) is 1. The van der Waals surface area contributed by atoms with Gasteiger partial charge in [-0.05, 0) is 29.8 Å². The van der Waals surface area contributed by atoms with Crippen molar-refractivity contribution in [3.63, 3.8) is 0 Å². The minimum absolute atomic E-state index is 0.0169. The molecule has 23 heavy (non-hydrogen) atoms. The molecule has 0 aliphatic heterocycles. The van der Waals surface area contributed by atoms with E-state index in [9.17, 15) is 20.0 Å². The highest BCUT2D eigenvalue weighted by Gasteiger charge is 2.21. The molecule has 0 aliphatic rings. The molecule has 0 bridgehead atoms. The molecule has 7 heteroatoms. The lowest BCUT2D eigenvalue weighted by Gasteiger charge is -2.15. The second-order valence-electron chi connectivity index (χ2n) is 4.75. The van der Waals surface area contributed by atoms with E-state index in [1.807, 2.05) is 0 Å². The number of benzene rings is 2. The van der Waals surface area contributed by atoms with E-state index in [4.69, 9.17) is 9.47 Å². The molecule has 0 aromatic heterocycles. The highest BCUT2D eigenvalue weighted by Crippen LogP contribution is 2.20. The zero-order chi connectivity index (χ0) is 16.8. The van der Waals surface area contributed by atoms with Gasteiger partial charge in [-0.3, -0.25) is 10.1 Å². The van der Waals surface area contributed by atoms with Crippen molar-refractivity contribution >= 4 is 11.7 Å². The molecular weight excluding hydrogens is 302 g/mol. The summed E-state index contributed by atoms with van der Waals surface area (Å²) in [6.07, 6.45) is -1.13. The van der Waals surface area contributed by atoms with Crippen LogP contribution in [0.5, 0.6) is 11.5 Å². The van der Waals surface area contributed by atoms with Crippen LogP contribution in [0.2, 0.25) is 0 Å². The van der Waals surface area contributed by atoms with Gasteiger partial charge in [-0.2, -0.15) is 0 Å². The maximum Gasteiger partial charge on any atom is 0.345 e. The largest absolute Gasteiger partial charge is 0.497 e. The molecule has 0 heterocycles. The zero-order valence-corrected chi connectivity index (χ0v) is 12.3. The Morgan fingerprint density at radius 2 is 1.87 bits per heavy atom. The highest BCUT2D eigenvalue weighted by atomic mass is 16.6. The van der Waals surface area contributed by atoms with Gasteiger partial charge in [0.25, 0.3) is 5.69 Å². The fourth-order valence-corrected chi connectivity index (χ4v) is 2.01. The number of rotatable bonds is 7. The maximum absolute atomic E-state index is 11.4. The molecule has 0 saturated carbocycles. The number of nitrogens with zero attached hydrogens (tertiary/aromatic N) is 1. The van der Waals surface area contributed by atoms with Crippen LogP contribution in [0.1, 0.15) is 5.56 Å². The molecule has 7 nitrogen and oxygen atoms in total. The molecule has 0 aliphatic carbocycles. The SMILES string of the molecule is COc1ccc(O[C@@H](Cc2cccc([N+](=O)[O-])c2)C(=O)O)cc1. The summed E-state index contributed by atoms with van der Waals surface area (Å²) in [6.45, 7) is 0. The molecule has 120 valence electrons.